The van der Waals surface area contributed by atoms with Gasteiger partial charge >= 0.3 is 0 Å². The minimum absolute atomic E-state index is 0.0934. The first-order chi connectivity index (χ1) is 8.69. The summed E-state index contributed by atoms with van der Waals surface area (Å²) in [6.07, 6.45) is 0. The maximum absolute atomic E-state index is 13.7. The van der Waals surface area contributed by atoms with E-state index in [0.717, 1.165) is 5.56 Å². The second kappa shape index (κ2) is 5.54. The molecule has 0 saturated carbocycles. The molecule has 6 nitrogen and oxygen atoms in total. The van der Waals surface area contributed by atoms with Crippen molar-refractivity contribution in [3.63, 3.8) is 0 Å². The summed E-state index contributed by atoms with van der Waals surface area (Å²) in [6, 6.07) is 4.84. The monoisotopic (exact) mass is 251 g/mol. The van der Waals surface area contributed by atoms with Gasteiger partial charge in [-0.2, -0.15) is 4.80 Å². The van der Waals surface area contributed by atoms with E-state index in [-0.39, 0.29) is 12.4 Å². The summed E-state index contributed by atoms with van der Waals surface area (Å²) in [4.78, 5) is 1.32. The number of hydrogen-bond donors (Lipinski definition) is 1. The highest BCUT2D eigenvalue weighted by Crippen LogP contribution is 2.19. The number of benzene rings is 1. The summed E-state index contributed by atoms with van der Waals surface area (Å²) < 4.78 is 19.0. The van der Waals surface area contributed by atoms with Crippen LogP contribution in [-0.2, 0) is 20.2 Å². The summed E-state index contributed by atoms with van der Waals surface area (Å²) in [6.45, 7) is 0.707. The number of nitrogens with one attached hydrogen (secondary N) is 1. The van der Waals surface area contributed by atoms with Crippen LogP contribution >= 0.6 is 0 Å². The molecule has 96 valence electrons. The van der Waals surface area contributed by atoms with Gasteiger partial charge in [0.05, 0.1) is 7.05 Å². The second-order valence-corrected chi connectivity index (χ2v) is 3.78. The topological polar surface area (TPSA) is 64.9 Å². The number of halogens is 1. The van der Waals surface area contributed by atoms with Crippen molar-refractivity contribution in [1.82, 2.24) is 25.5 Å². The fraction of sp³-hybridized carbons (Fsp3) is 0.364. The summed E-state index contributed by atoms with van der Waals surface area (Å²) in [7, 11) is 3.46. The van der Waals surface area contributed by atoms with Gasteiger partial charge in [0.15, 0.2) is 18.2 Å². The van der Waals surface area contributed by atoms with Gasteiger partial charge in [-0.1, -0.05) is 6.07 Å². The molecule has 0 fully saturated rings. The lowest BCUT2D eigenvalue weighted by molar-refractivity contribution is 0.280. The average Bonchev–Trinajstić information content (AvgIpc) is 2.74. The zero-order valence-electron chi connectivity index (χ0n) is 10.2. The summed E-state index contributed by atoms with van der Waals surface area (Å²) in [5.41, 5.74) is 0.861. The molecule has 0 atom stereocenters. The van der Waals surface area contributed by atoms with E-state index >= 15 is 0 Å². The molecule has 1 heterocycles. The average molecular weight is 251 g/mol. The number of hydrogen-bond acceptors (Lipinski definition) is 5. The van der Waals surface area contributed by atoms with Gasteiger partial charge in [-0.3, -0.25) is 0 Å². The molecule has 1 aromatic heterocycles. The van der Waals surface area contributed by atoms with Gasteiger partial charge in [0.2, 0.25) is 5.82 Å². The van der Waals surface area contributed by atoms with E-state index in [9.17, 15) is 4.39 Å². The maximum Gasteiger partial charge on any atom is 0.212 e. The Morgan fingerprint density at radius 3 is 2.89 bits per heavy atom. The van der Waals surface area contributed by atoms with Crippen molar-refractivity contribution >= 4 is 0 Å². The molecule has 0 aliphatic heterocycles. The fourth-order valence-electron chi connectivity index (χ4n) is 1.50. The Balaban J connectivity index is 2.01. The fourth-order valence-corrected chi connectivity index (χ4v) is 1.50. The predicted molar refractivity (Wildman–Crippen MR) is 62.3 cm³/mol. The third-order valence-corrected chi connectivity index (χ3v) is 2.28. The van der Waals surface area contributed by atoms with Crippen LogP contribution in [0.1, 0.15) is 11.4 Å². The van der Waals surface area contributed by atoms with Gasteiger partial charge in [-0.15, -0.1) is 10.2 Å². The molecule has 18 heavy (non-hydrogen) atoms. The normalized spacial score (nSPS) is 10.6. The van der Waals surface area contributed by atoms with Gasteiger partial charge in [-0.05, 0) is 30.0 Å². The minimum Gasteiger partial charge on any atom is -0.482 e. The number of aromatic nitrogens is 4. The first-order valence-corrected chi connectivity index (χ1v) is 5.47. The SMILES string of the molecule is CNCc1ccc(OCc2nnn(C)n2)c(F)c1. The molecule has 1 N–H and O–H groups in total. The van der Waals surface area contributed by atoms with Crippen molar-refractivity contribution in [3.8, 4) is 5.75 Å². The van der Waals surface area contributed by atoms with Gasteiger partial charge in [0.25, 0.3) is 0 Å². The Bertz CT molecular complexity index is 528. The zero-order valence-corrected chi connectivity index (χ0v) is 10.2. The Hall–Kier alpha value is -2.02. The summed E-state index contributed by atoms with van der Waals surface area (Å²) in [5, 5.41) is 14.3. The first kappa shape index (κ1) is 12.4. The van der Waals surface area contributed by atoms with Crippen LogP contribution < -0.4 is 10.1 Å². The van der Waals surface area contributed by atoms with Crippen LogP contribution in [0.25, 0.3) is 0 Å². The third kappa shape index (κ3) is 3.01. The lowest BCUT2D eigenvalue weighted by Crippen LogP contribution is -2.06. The quantitative estimate of drug-likeness (QED) is 0.845. The standard InChI is InChI=1S/C11H14FN5O/c1-13-6-8-3-4-10(9(12)5-8)18-7-11-14-16-17(2)15-11/h3-5,13H,6-7H2,1-2H3. The zero-order chi connectivity index (χ0) is 13.0. The van der Waals surface area contributed by atoms with E-state index in [4.69, 9.17) is 4.74 Å². The highest BCUT2D eigenvalue weighted by Gasteiger charge is 2.07. The van der Waals surface area contributed by atoms with E-state index in [2.05, 4.69) is 20.7 Å². The molecule has 0 bridgehead atoms. The molecule has 2 aromatic rings. The molecule has 0 amide bonds. The molecule has 0 saturated heterocycles. The van der Waals surface area contributed by atoms with Gasteiger partial charge < -0.3 is 10.1 Å². The summed E-state index contributed by atoms with van der Waals surface area (Å²) in [5.74, 6) is 0.199. The molecule has 0 aliphatic carbocycles. The van der Waals surface area contributed by atoms with E-state index < -0.39 is 5.82 Å². The third-order valence-electron chi connectivity index (χ3n) is 2.28. The Labute approximate surface area is 104 Å². The Morgan fingerprint density at radius 2 is 2.28 bits per heavy atom. The lowest BCUT2D eigenvalue weighted by atomic mass is 10.2. The maximum atomic E-state index is 13.7. The van der Waals surface area contributed by atoms with Crippen molar-refractivity contribution in [2.24, 2.45) is 7.05 Å². The molecule has 1 aromatic carbocycles. The highest BCUT2D eigenvalue weighted by molar-refractivity contribution is 5.29. The molecule has 0 radical (unpaired) electrons. The number of ether oxygens (including phenoxy) is 1. The molecular formula is C11H14FN5O. The van der Waals surface area contributed by atoms with E-state index in [1.54, 1.807) is 19.2 Å². The Kier molecular flexibility index (Phi) is 3.83. The van der Waals surface area contributed by atoms with E-state index in [0.29, 0.717) is 12.4 Å². The first-order valence-electron chi connectivity index (χ1n) is 5.47. The number of aryl methyl sites for hydroxylation is 1. The number of rotatable bonds is 5. The van der Waals surface area contributed by atoms with Crippen molar-refractivity contribution < 1.29 is 9.13 Å². The van der Waals surface area contributed by atoms with Crippen molar-refractivity contribution in [2.45, 2.75) is 13.2 Å². The molecule has 0 aliphatic rings. The molecule has 7 heteroatoms. The number of nitrogens with zero attached hydrogens (tertiary/aromatic N) is 4. The molecule has 2 rings (SSSR count). The van der Waals surface area contributed by atoms with Crippen LogP contribution in [0.15, 0.2) is 18.2 Å². The predicted octanol–water partition coefficient (Wildman–Crippen LogP) is 0.648. The van der Waals surface area contributed by atoms with E-state index in [1.807, 2.05) is 7.05 Å². The van der Waals surface area contributed by atoms with Crippen LogP contribution in [0.3, 0.4) is 0 Å². The van der Waals surface area contributed by atoms with Gasteiger partial charge in [-0.25, -0.2) is 4.39 Å². The number of tetrazole rings is 1. The molecular weight excluding hydrogens is 237 g/mol. The van der Waals surface area contributed by atoms with E-state index in [1.165, 1.54) is 10.9 Å². The van der Waals surface area contributed by atoms with Gasteiger partial charge in [0, 0.05) is 6.54 Å². The van der Waals surface area contributed by atoms with Crippen molar-refractivity contribution in [3.05, 3.63) is 35.4 Å². The minimum atomic E-state index is -0.397. The van der Waals surface area contributed by atoms with Crippen LogP contribution in [0, 0.1) is 5.82 Å². The van der Waals surface area contributed by atoms with Gasteiger partial charge in [0.1, 0.15) is 0 Å². The molecule has 0 spiro atoms. The summed E-state index contributed by atoms with van der Waals surface area (Å²) >= 11 is 0. The largest absolute Gasteiger partial charge is 0.482 e. The van der Waals surface area contributed by atoms with Crippen LogP contribution in [0.5, 0.6) is 5.75 Å². The lowest BCUT2D eigenvalue weighted by Gasteiger charge is -2.06. The van der Waals surface area contributed by atoms with Crippen LogP contribution in [0.4, 0.5) is 4.39 Å². The Morgan fingerprint density at radius 1 is 1.44 bits per heavy atom. The van der Waals surface area contributed by atoms with Crippen molar-refractivity contribution in [1.29, 1.82) is 0 Å². The van der Waals surface area contributed by atoms with Crippen molar-refractivity contribution in [2.75, 3.05) is 7.05 Å². The smallest absolute Gasteiger partial charge is 0.212 e. The highest BCUT2D eigenvalue weighted by atomic mass is 19.1. The molecule has 0 unspecified atom stereocenters. The second-order valence-electron chi connectivity index (χ2n) is 3.78. The van der Waals surface area contributed by atoms with Crippen LogP contribution in [-0.4, -0.2) is 27.3 Å². The van der Waals surface area contributed by atoms with Crippen LogP contribution in [0.2, 0.25) is 0 Å².